The number of phenolic OH excluding ortho intramolecular Hbond substituents is 1. The summed E-state index contributed by atoms with van der Waals surface area (Å²) in [6.07, 6.45) is 8.81. The van der Waals surface area contributed by atoms with Crippen molar-refractivity contribution in [1.82, 2.24) is 4.68 Å². The third-order valence-electron chi connectivity index (χ3n) is 3.13. The van der Waals surface area contributed by atoms with E-state index in [1.165, 1.54) is 18.4 Å². The number of benzene rings is 1. The van der Waals surface area contributed by atoms with Gasteiger partial charge in [0.25, 0.3) is 0 Å². The predicted molar refractivity (Wildman–Crippen MR) is 78.9 cm³/mol. The minimum atomic E-state index is 0.316. The van der Waals surface area contributed by atoms with Gasteiger partial charge in [-0.15, -0.1) is 0 Å². The molecule has 2 aromatic rings. The lowest BCUT2D eigenvalue weighted by atomic mass is 10.0. The molecule has 0 atom stereocenters. The molecule has 1 aromatic carbocycles. The lowest BCUT2D eigenvalue weighted by molar-refractivity contribution is 0.470. The molecule has 1 N–H and O–H groups in total. The van der Waals surface area contributed by atoms with Crippen LogP contribution in [0.3, 0.4) is 0 Å². The van der Waals surface area contributed by atoms with E-state index in [4.69, 9.17) is 0 Å². The summed E-state index contributed by atoms with van der Waals surface area (Å²) < 4.78 is 1.72. The van der Waals surface area contributed by atoms with Crippen LogP contribution < -0.4 is 0 Å². The molecule has 1 aromatic heterocycles. The van der Waals surface area contributed by atoms with Crippen LogP contribution in [0.5, 0.6) is 5.75 Å². The Hall–Kier alpha value is -2.03. The van der Waals surface area contributed by atoms with E-state index in [9.17, 15) is 5.11 Å². The van der Waals surface area contributed by atoms with Crippen molar-refractivity contribution in [3.05, 3.63) is 53.3 Å². The molecule has 0 radical (unpaired) electrons. The van der Waals surface area contributed by atoms with Crippen LogP contribution in [0.2, 0.25) is 0 Å². The van der Waals surface area contributed by atoms with E-state index in [0.717, 1.165) is 17.5 Å². The van der Waals surface area contributed by atoms with Crippen molar-refractivity contribution in [2.45, 2.75) is 33.1 Å². The van der Waals surface area contributed by atoms with Gasteiger partial charge < -0.3 is 5.11 Å². The van der Waals surface area contributed by atoms with Gasteiger partial charge in [0.15, 0.2) is 0 Å². The van der Waals surface area contributed by atoms with Gasteiger partial charge in [0.2, 0.25) is 0 Å². The smallest absolute Gasteiger partial charge is 0.127 e. The topological polar surface area (TPSA) is 37.5 Å². The maximum Gasteiger partial charge on any atom is 0.127 e. The van der Waals surface area contributed by atoms with Crippen LogP contribution in [0.1, 0.15) is 36.5 Å². The Morgan fingerprint density at radius 3 is 2.68 bits per heavy atom. The molecule has 0 unspecified atom stereocenters. The summed E-state index contributed by atoms with van der Waals surface area (Å²) in [5.74, 6) is 0.316. The molecule has 0 amide bonds. The molecule has 0 bridgehead atoms. The number of aromatic hydroxyl groups is 1. The van der Waals surface area contributed by atoms with Crippen molar-refractivity contribution >= 4 is 6.21 Å². The highest BCUT2D eigenvalue weighted by atomic mass is 16.3. The standard InChI is InChI=1S/C16H20N2O/c1-3-4-7-14-10-13(2)16(19)15(11-14)12-17-18-8-5-6-9-18/h5-6,8-12,19H,3-4,7H2,1-2H3/b17-12+. The van der Waals surface area contributed by atoms with E-state index < -0.39 is 0 Å². The largest absolute Gasteiger partial charge is 0.507 e. The SMILES string of the molecule is CCCCc1cc(C)c(O)c(/C=N/n2cccc2)c1. The van der Waals surface area contributed by atoms with E-state index in [2.05, 4.69) is 18.1 Å². The average molecular weight is 256 g/mol. The van der Waals surface area contributed by atoms with Crippen LogP contribution >= 0.6 is 0 Å². The van der Waals surface area contributed by atoms with Crippen molar-refractivity contribution in [2.24, 2.45) is 5.10 Å². The first-order chi connectivity index (χ1) is 9.20. The van der Waals surface area contributed by atoms with Gasteiger partial charge >= 0.3 is 0 Å². The molecule has 0 aliphatic carbocycles. The highest BCUT2D eigenvalue weighted by molar-refractivity contribution is 5.84. The van der Waals surface area contributed by atoms with Crippen LogP contribution in [0.25, 0.3) is 0 Å². The summed E-state index contributed by atoms with van der Waals surface area (Å²) >= 11 is 0. The molecule has 0 saturated heterocycles. The number of hydrogen-bond donors (Lipinski definition) is 1. The van der Waals surface area contributed by atoms with Gasteiger partial charge in [0.05, 0.1) is 6.21 Å². The minimum absolute atomic E-state index is 0.316. The predicted octanol–water partition coefficient (Wildman–Crippen LogP) is 3.73. The molecule has 19 heavy (non-hydrogen) atoms. The van der Waals surface area contributed by atoms with Crippen LogP contribution in [0, 0.1) is 6.92 Å². The van der Waals surface area contributed by atoms with Crippen LogP contribution in [0.4, 0.5) is 0 Å². The average Bonchev–Trinajstić information content (AvgIpc) is 2.91. The lowest BCUT2D eigenvalue weighted by Crippen LogP contribution is -1.94. The molecule has 0 spiro atoms. The van der Waals surface area contributed by atoms with Gasteiger partial charge in [-0.25, -0.2) is 4.68 Å². The van der Waals surface area contributed by atoms with Crippen LogP contribution in [0.15, 0.2) is 41.8 Å². The van der Waals surface area contributed by atoms with Crippen molar-refractivity contribution in [1.29, 1.82) is 0 Å². The molecule has 0 fully saturated rings. The van der Waals surface area contributed by atoms with Gasteiger partial charge in [-0.3, -0.25) is 0 Å². The molecule has 0 aliphatic rings. The maximum absolute atomic E-state index is 10.1. The van der Waals surface area contributed by atoms with Crippen molar-refractivity contribution in [3.8, 4) is 5.75 Å². The number of hydrogen-bond acceptors (Lipinski definition) is 2. The fourth-order valence-electron chi connectivity index (χ4n) is 2.04. The highest BCUT2D eigenvalue weighted by Gasteiger charge is 2.05. The Labute approximate surface area is 114 Å². The van der Waals surface area contributed by atoms with E-state index in [1.54, 1.807) is 10.9 Å². The monoisotopic (exact) mass is 256 g/mol. The van der Waals surface area contributed by atoms with E-state index in [-0.39, 0.29) is 0 Å². The third-order valence-corrected chi connectivity index (χ3v) is 3.13. The van der Waals surface area contributed by atoms with E-state index >= 15 is 0 Å². The lowest BCUT2D eigenvalue weighted by Gasteiger charge is -2.07. The summed E-state index contributed by atoms with van der Waals surface area (Å²) in [4.78, 5) is 0. The Balaban J connectivity index is 2.25. The maximum atomic E-state index is 10.1. The molecular weight excluding hydrogens is 236 g/mol. The Morgan fingerprint density at radius 2 is 2.00 bits per heavy atom. The number of aromatic nitrogens is 1. The summed E-state index contributed by atoms with van der Waals surface area (Å²) in [6, 6.07) is 7.91. The zero-order chi connectivity index (χ0) is 13.7. The molecule has 0 aliphatic heterocycles. The first-order valence-electron chi connectivity index (χ1n) is 6.70. The molecule has 100 valence electrons. The normalized spacial score (nSPS) is 11.3. The molecule has 1 heterocycles. The fourth-order valence-corrected chi connectivity index (χ4v) is 2.04. The second-order valence-corrected chi connectivity index (χ2v) is 4.76. The number of aryl methyl sites for hydroxylation is 2. The summed E-state index contributed by atoms with van der Waals surface area (Å²) in [5, 5.41) is 14.4. The number of nitrogens with zero attached hydrogens (tertiary/aromatic N) is 2. The van der Waals surface area contributed by atoms with Gasteiger partial charge in [0, 0.05) is 18.0 Å². The van der Waals surface area contributed by atoms with Gasteiger partial charge in [0.1, 0.15) is 5.75 Å². The zero-order valence-corrected chi connectivity index (χ0v) is 11.5. The van der Waals surface area contributed by atoms with Crippen molar-refractivity contribution < 1.29 is 5.11 Å². The van der Waals surface area contributed by atoms with Crippen LogP contribution in [-0.4, -0.2) is 16.0 Å². The third kappa shape index (κ3) is 3.47. The second kappa shape index (κ2) is 6.23. The summed E-state index contributed by atoms with van der Waals surface area (Å²) in [5.41, 5.74) is 2.94. The first kappa shape index (κ1) is 13.4. The van der Waals surface area contributed by atoms with Crippen molar-refractivity contribution in [2.75, 3.05) is 0 Å². The first-order valence-corrected chi connectivity index (χ1v) is 6.70. The Morgan fingerprint density at radius 1 is 1.26 bits per heavy atom. The highest BCUT2D eigenvalue weighted by Crippen LogP contribution is 2.23. The summed E-state index contributed by atoms with van der Waals surface area (Å²) in [7, 11) is 0. The number of rotatable bonds is 5. The molecule has 3 heteroatoms. The zero-order valence-electron chi connectivity index (χ0n) is 11.5. The Bertz CT molecular complexity index is 556. The molecule has 0 saturated carbocycles. The van der Waals surface area contributed by atoms with E-state index in [1.807, 2.05) is 37.5 Å². The van der Waals surface area contributed by atoms with Gasteiger partial charge in [-0.1, -0.05) is 19.4 Å². The quantitative estimate of drug-likeness (QED) is 0.813. The molecular formula is C16H20N2O. The Kier molecular flexibility index (Phi) is 4.39. The van der Waals surface area contributed by atoms with Gasteiger partial charge in [-0.2, -0.15) is 5.10 Å². The minimum Gasteiger partial charge on any atom is -0.507 e. The van der Waals surface area contributed by atoms with Crippen LogP contribution in [-0.2, 0) is 6.42 Å². The fraction of sp³-hybridized carbons (Fsp3) is 0.312. The molecule has 3 nitrogen and oxygen atoms in total. The molecule has 2 rings (SSSR count). The number of unbranched alkanes of at least 4 members (excludes halogenated alkanes) is 1. The van der Waals surface area contributed by atoms with Crippen molar-refractivity contribution in [3.63, 3.8) is 0 Å². The summed E-state index contributed by atoms with van der Waals surface area (Å²) in [6.45, 7) is 4.11. The van der Waals surface area contributed by atoms with E-state index in [0.29, 0.717) is 5.75 Å². The number of phenols is 1. The van der Waals surface area contributed by atoms with Gasteiger partial charge in [-0.05, 0) is 49.1 Å². The second-order valence-electron chi connectivity index (χ2n) is 4.76.